The van der Waals surface area contributed by atoms with Crippen LogP contribution in [0.3, 0.4) is 0 Å². The lowest BCUT2D eigenvalue weighted by molar-refractivity contribution is 0.981. The highest BCUT2D eigenvalue weighted by molar-refractivity contribution is 5.81. The third-order valence-corrected chi connectivity index (χ3v) is 3.49. The van der Waals surface area contributed by atoms with E-state index in [2.05, 4.69) is 0 Å². The van der Waals surface area contributed by atoms with Gasteiger partial charge in [-0.15, -0.1) is 0 Å². The van der Waals surface area contributed by atoms with Gasteiger partial charge in [0.1, 0.15) is 0 Å². The summed E-state index contributed by atoms with van der Waals surface area (Å²) in [5, 5.41) is 1.74. The van der Waals surface area contributed by atoms with E-state index < -0.39 is 0 Å². The summed E-state index contributed by atoms with van der Waals surface area (Å²) in [5.41, 5.74) is 3.24. The van der Waals surface area contributed by atoms with Crippen LogP contribution in [0.2, 0.25) is 0 Å². The molecule has 1 heterocycles. The molecule has 0 aliphatic carbocycles. The van der Waals surface area contributed by atoms with E-state index in [4.69, 9.17) is 0 Å². The third-order valence-electron chi connectivity index (χ3n) is 3.49. The standard InChI is InChI=1S/C17H15NO/c1-12-6-5-7-13(2)16(12)18-11-10-14-8-3-4-9-15(14)17(18)19/h3-11H,1-2H3. The first-order valence-corrected chi connectivity index (χ1v) is 6.35. The molecule has 3 aromatic rings. The van der Waals surface area contributed by atoms with E-state index in [9.17, 15) is 4.79 Å². The number of hydrogen-bond donors (Lipinski definition) is 0. The molecule has 0 unspecified atom stereocenters. The van der Waals surface area contributed by atoms with Crippen molar-refractivity contribution in [2.75, 3.05) is 0 Å². The number of hydrogen-bond acceptors (Lipinski definition) is 1. The largest absolute Gasteiger partial charge is 0.283 e. The van der Waals surface area contributed by atoms with Gasteiger partial charge in [-0.05, 0) is 42.5 Å². The Bertz CT molecular complexity index is 795. The first kappa shape index (κ1) is 11.7. The van der Waals surface area contributed by atoms with Gasteiger partial charge in [0, 0.05) is 11.6 Å². The maximum atomic E-state index is 12.6. The van der Waals surface area contributed by atoms with E-state index in [1.165, 1.54) is 0 Å². The molecule has 0 fully saturated rings. The van der Waals surface area contributed by atoms with Crippen LogP contribution in [0, 0.1) is 13.8 Å². The fraction of sp³-hybridized carbons (Fsp3) is 0.118. The molecule has 1 aromatic heterocycles. The summed E-state index contributed by atoms with van der Waals surface area (Å²) in [7, 11) is 0. The van der Waals surface area contributed by atoms with Crippen molar-refractivity contribution in [1.29, 1.82) is 0 Å². The summed E-state index contributed by atoms with van der Waals surface area (Å²) in [4.78, 5) is 12.6. The molecule has 0 N–H and O–H groups in total. The number of benzene rings is 2. The molecule has 2 aromatic carbocycles. The maximum Gasteiger partial charge on any atom is 0.262 e. The van der Waals surface area contributed by atoms with Crippen molar-refractivity contribution >= 4 is 10.8 Å². The summed E-state index contributed by atoms with van der Waals surface area (Å²) in [6.45, 7) is 4.06. The van der Waals surface area contributed by atoms with Crippen LogP contribution < -0.4 is 5.56 Å². The molecule has 3 rings (SSSR count). The van der Waals surface area contributed by atoms with Crippen LogP contribution in [0.5, 0.6) is 0 Å². The lowest BCUT2D eigenvalue weighted by Gasteiger charge is -2.13. The second kappa shape index (κ2) is 4.39. The average molecular weight is 249 g/mol. The number of nitrogens with zero attached hydrogens (tertiary/aromatic N) is 1. The fourth-order valence-electron chi connectivity index (χ4n) is 2.55. The zero-order valence-corrected chi connectivity index (χ0v) is 11.1. The van der Waals surface area contributed by atoms with Crippen molar-refractivity contribution in [3.8, 4) is 5.69 Å². The Hall–Kier alpha value is -2.35. The Morgan fingerprint density at radius 1 is 0.842 bits per heavy atom. The lowest BCUT2D eigenvalue weighted by atomic mass is 10.1. The third kappa shape index (κ3) is 1.85. The predicted octanol–water partition coefficient (Wildman–Crippen LogP) is 3.61. The van der Waals surface area contributed by atoms with E-state index >= 15 is 0 Å². The van der Waals surface area contributed by atoms with Crippen LogP contribution in [0.25, 0.3) is 16.5 Å². The molecular formula is C17H15NO. The summed E-state index contributed by atoms with van der Waals surface area (Å²) < 4.78 is 1.74. The molecule has 2 nitrogen and oxygen atoms in total. The van der Waals surface area contributed by atoms with Gasteiger partial charge in [-0.2, -0.15) is 0 Å². The monoisotopic (exact) mass is 249 g/mol. The molecule has 2 heteroatoms. The second-order valence-electron chi connectivity index (χ2n) is 4.82. The summed E-state index contributed by atoms with van der Waals surface area (Å²) >= 11 is 0. The SMILES string of the molecule is Cc1cccc(C)c1-n1ccc2ccccc2c1=O. The van der Waals surface area contributed by atoms with Crippen LogP contribution in [-0.4, -0.2) is 4.57 Å². The van der Waals surface area contributed by atoms with Gasteiger partial charge in [-0.1, -0.05) is 36.4 Å². The minimum Gasteiger partial charge on any atom is -0.283 e. The van der Waals surface area contributed by atoms with E-state index in [0.717, 1.165) is 27.6 Å². The lowest BCUT2D eigenvalue weighted by Crippen LogP contribution is -2.19. The Balaban J connectivity index is 2.39. The van der Waals surface area contributed by atoms with E-state index in [1.807, 2.05) is 68.6 Å². The van der Waals surface area contributed by atoms with Crippen LogP contribution in [0.1, 0.15) is 11.1 Å². The summed E-state index contributed by atoms with van der Waals surface area (Å²) in [5.74, 6) is 0. The van der Waals surface area contributed by atoms with Crippen molar-refractivity contribution in [2.24, 2.45) is 0 Å². The minimum absolute atomic E-state index is 0.0375. The number of pyridine rings is 1. The van der Waals surface area contributed by atoms with Crippen molar-refractivity contribution in [2.45, 2.75) is 13.8 Å². The topological polar surface area (TPSA) is 22.0 Å². The number of aryl methyl sites for hydroxylation is 2. The number of fused-ring (bicyclic) bond motifs is 1. The van der Waals surface area contributed by atoms with Gasteiger partial charge in [-0.25, -0.2) is 0 Å². The zero-order valence-electron chi connectivity index (χ0n) is 11.1. The molecule has 19 heavy (non-hydrogen) atoms. The molecule has 0 saturated heterocycles. The molecule has 0 radical (unpaired) electrons. The fourth-order valence-corrected chi connectivity index (χ4v) is 2.55. The normalized spacial score (nSPS) is 10.8. The van der Waals surface area contributed by atoms with Crippen LogP contribution in [0.15, 0.2) is 59.5 Å². The van der Waals surface area contributed by atoms with E-state index in [0.29, 0.717) is 0 Å². The quantitative estimate of drug-likeness (QED) is 0.645. The molecule has 0 atom stereocenters. The minimum atomic E-state index is 0.0375. The Kier molecular flexibility index (Phi) is 2.71. The maximum absolute atomic E-state index is 12.6. The van der Waals surface area contributed by atoms with Crippen molar-refractivity contribution < 1.29 is 0 Å². The molecule has 0 saturated carbocycles. The van der Waals surface area contributed by atoms with Crippen molar-refractivity contribution in [3.63, 3.8) is 0 Å². The average Bonchev–Trinajstić information content (AvgIpc) is 2.41. The molecule has 0 aliphatic rings. The summed E-state index contributed by atoms with van der Waals surface area (Å²) in [6.07, 6.45) is 1.86. The molecule has 0 bridgehead atoms. The number of rotatable bonds is 1. The second-order valence-corrected chi connectivity index (χ2v) is 4.82. The van der Waals surface area contributed by atoms with Gasteiger partial charge in [0.25, 0.3) is 5.56 Å². The number of aromatic nitrogens is 1. The van der Waals surface area contributed by atoms with Crippen LogP contribution >= 0.6 is 0 Å². The molecule has 0 aliphatic heterocycles. The highest BCUT2D eigenvalue weighted by Gasteiger charge is 2.08. The molecular weight excluding hydrogens is 234 g/mol. The highest BCUT2D eigenvalue weighted by Crippen LogP contribution is 2.18. The number of para-hydroxylation sites is 1. The smallest absolute Gasteiger partial charge is 0.262 e. The van der Waals surface area contributed by atoms with Gasteiger partial charge in [0.05, 0.1) is 5.69 Å². The van der Waals surface area contributed by atoms with Crippen molar-refractivity contribution in [1.82, 2.24) is 4.57 Å². The first-order valence-electron chi connectivity index (χ1n) is 6.35. The summed E-state index contributed by atoms with van der Waals surface area (Å²) in [6, 6.07) is 15.8. The van der Waals surface area contributed by atoms with E-state index in [1.54, 1.807) is 4.57 Å². The van der Waals surface area contributed by atoms with Gasteiger partial charge in [-0.3, -0.25) is 9.36 Å². The van der Waals surface area contributed by atoms with Gasteiger partial charge >= 0.3 is 0 Å². The van der Waals surface area contributed by atoms with Gasteiger partial charge in [0.2, 0.25) is 0 Å². The van der Waals surface area contributed by atoms with E-state index in [-0.39, 0.29) is 5.56 Å². The Morgan fingerprint density at radius 3 is 2.26 bits per heavy atom. The Morgan fingerprint density at radius 2 is 1.53 bits per heavy atom. The van der Waals surface area contributed by atoms with Crippen LogP contribution in [-0.2, 0) is 0 Å². The van der Waals surface area contributed by atoms with Gasteiger partial charge in [0.15, 0.2) is 0 Å². The zero-order chi connectivity index (χ0) is 13.4. The van der Waals surface area contributed by atoms with Crippen LogP contribution in [0.4, 0.5) is 0 Å². The molecule has 0 spiro atoms. The predicted molar refractivity (Wildman–Crippen MR) is 79.0 cm³/mol. The van der Waals surface area contributed by atoms with Crippen molar-refractivity contribution in [3.05, 3.63) is 76.2 Å². The Labute approximate surface area is 111 Å². The molecule has 94 valence electrons. The van der Waals surface area contributed by atoms with Gasteiger partial charge < -0.3 is 0 Å². The first-order chi connectivity index (χ1) is 9.18. The highest BCUT2D eigenvalue weighted by atomic mass is 16.1. The molecule has 0 amide bonds.